The van der Waals surface area contributed by atoms with Crippen LogP contribution in [-0.2, 0) is 11.0 Å². The lowest BCUT2D eigenvalue weighted by atomic mass is 10.2. The molecular weight excluding hydrogens is 351 g/mol. The van der Waals surface area contributed by atoms with Crippen molar-refractivity contribution >= 4 is 11.6 Å². The van der Waals surface area contributed by atoms with E-state index in [0.717, 1.165) is 12.1 Å². The van der Waals surface area contributed by atoms with Crippen molar-refractivity contribution < 1.29 is 27.1 Å². The Bertz CT molecular complexity index is 878. The molecule has 0 aliphatic heterocycles. The van der Waals surface area contributed by atoms with Crippen molar-refractivity contribution in [3.8, 4) is 17.2 Å². The van der Waals surface area contributed by atoms with Crippen LogP contribution in [0.4, 0.5) is 18.9 Å². The second-order valence-corrected chi connectivity index (χ2v) is 5.18. The van der Waals surface area contributed by atoms with Gasteiger partial charge in [0.2, 0.25) is 12.3 Å². The van der Waals surface area contributed by atoms with Crippen LogP contribution in [0.25, 0.3) is 11.5 Å². The van der Waals surface area contributed by atoms with Crippen LogP contribution in [0.2, 0.25) is 0 Å². The Morgan fingerprint density at radius 3 is 2.58 bits per heavy atom. The SMILES string of the molecule is O=C(COc1ccc(-c2nnco2)cc1)Nc1cccc(C(F)(F)F)c1. The lowest BCUT2D eigenvalue weighted by molar-refractivity contribution is -0.137. The zero-order valence-corrected chi connectivity index (χ0v) is 13.2. The summed E-state index contributed by atoms with van der Waals surface area (Å²) in [7, 11) is 0. The molecule has 0 aliphatic rings. The number of amides is 1. The van der Waals surface area contributed by atoms with E-state index in [0.29, 0.717) is 17.2 Å². The van der Waals surface area contributed by atoms with Gasteiger partial charge in [-0.1, -0.05) is 6.07 Å². The molecule has 0 saturated heterocycles. The number of hydrogen-bond donors (Lipinski definition) is 1. The molecule has 0 fully saturated rings. The first-order chi connectivity index (χ1) is 12.4. The van der Waals surface area contributed by atoms with Gasteiger partial charge in [0, 0.05) is 11.3 Å². The molecule has 6 nitrogen and oxygen atoms in total. The first-order valence-corrected chi connectivity index (χ1v) is 7.38. The highest BCUT2D eigenvalue weighted by Crippen LogP contribution is 2.30. The molecule has 0 spiro atoms. The van der Waals surface area contributed by atoms with Gasteiger partial charge in [0.05, 0.1) is 5.56 Å². The van der Waals surface area contributed by atoms with E-state index < -0.39 is 17.6 Å². The third kappa shape index (κ3) is 4.38. The van der Waals surface area contributed by atoms with Crippen molar-refractivity contribution in [1.82, 2.24) is 10.2 Å². The van der Waals surface area contributed by atoms with Crippen molar-refractivity contribution in [3.63, 3.8) is 0 Å². The summed E-state index contributed by atoms with van der Waals surface area (Å²) in [5, 5.41) is 9.69. The Labute approximate surface area is 145 Å². The van der Waals surface area contributed by atoms with Crippen LogP contribution in [0.5, 0.6) is 5.75 Å². The summed E-state index contributed by atoms with van der Waals surface area (Å²) >= 11 is 0. The molecule has 2 aromatic carbocycles. The van der Waals surface area contributed by atoms with Crippen LogP contribution < -0.4 is 10.1 Å². The van der Waals surface area contributed by atoms with Gasteiger partial charge in [-0.2, -0.15) is 13.2 Å². The van der Waals surface area contributed by atoms with Gasteiger partial charge in [-0.15, -0.1) is 10.2 Å². The summed E-state index contributed by atoms with van der Waals surface area (Å²) < 4.78 is 48.3. The van der Waals surface area contributed by atoms with Gasteiger partial charge in [-0.05, 0) is 42.5 Å². The predicted molar refractivity (Wildman–Crippen MR) is 85.3 cm³/mol. The molecule has 1 aromatic heterocycles. The van der Waals surface area contributed by atoms with Crippen LogP contribution >= 0.6 is 0 Å². The Morgan fingerprint density at radius 1 is 1.15 bits per heavy atom. The summed E-state index contributed by atoms with van der Waals surface area (Å²) in [6, 6.07) is 10.9. The third-order valence-corrected chi connectivity index (χ3v) is 3.30. The number of carbonyl (C=O) groups is 1. The maximum Gasteiger partial charge on any atom is 0.416 e. The highest BCUT2D eigenvalue weighted by Gasteiger charge is 2.30. The number of ether oxygens (including phenoxy) is 1. The number of rotatable bonds is 5. The van der Waals surface area contributed by atoms with E-state index in [4.69, 9.17) is 9.15 Å². The van der Waals surface area contributed by atoms with Crippen LogP contribution in [0, 0.1) is 0 Å². The summed E-state index contributed by atoms with van der Waals surface area (Å²) in [5.41, 5.74) is -0.115. The number of carbonyl (C=O) groups excluding carboxylic acids is 1. The molecule has 0 saturated carbocycles. The molecule has 0 unspecified atom stereocenters. The van der Waals surface area contributed by atoms with E-state index in [1.165, 1.54) is 18.5 Å². The molecule has 26 heavy (non-hydrogen) atoms. The monoisotopic (exact) mass is 363 g/mol. The summed E-state index contributed by atoms with van der Waals surface area (Å²) in [5.74, 6) is 0.177. The quantitative estimate of drug-likeness (QED) is 0.747. The van der Waals surface area contributed by atoms with Crippen LogP contribution in [0.3, 0.4) is 0 Å². The maximum atomic E-state index is 12.7. The van der Waals surface area contributed by atoms with E-state index >= 15 is 0 Å². The molecule has 0 atom stereocenters. The average molecular weight is 363 g/mol. The molecule has 1 N–H and O–H groups in total. The fraction of sp³-hybridized carbons (Fsp3) is 0.118. The van der Waals surface area contributed by atoms with Crippen LogP contribution in [-0.4, -0.2) is 22.7 Å². The van der Waals surface area contributed by atoms with Crippen LogP contribution in [0.15, 0.2) is 59.3 Å². The molecule has 134 valence electrons. The molecule has 0 radical (unpaired) electrons. The average Bonchev–Trinajstić information content (AvgIpc) is 3.14. The number of halogens is 3. The second kappa shape index (κ2) is 7.26. The minimum atomic E-state index is -4.47. The molecular formula is C17H12F3N3O3. The Kier molecular flexibility index (Phi) is 4.87. The number of hydrogen-bond acceptors (Lipinski definition) is 5. The largest absolute Gasteiger partial charge is 0.484 e. The minimum Gasteiger partial charge on any atom is -0.484 e. The van der Waals surface area contributed by atoms with E-state index in [-0.39, 0.29) is 12.3 Å². The van der Waals surface area contributed by atoms with Gasteiger partial charge in [0.15, 0.2) is 6.61 Å². The van der Waals surface area contributed by atoms with E-state index in [1.54, 1.807) is 24.3 Å². The zero-order valence-electron chi connectivity index (χ0n) is 13.2. The van der Waals surface area contributed by atoms with Crippen molar-refractivity contribution in [1.29, 1.82) is 0 Å². The third-order valence-electron chi connectivity index (χ3n) is 3.30. The summed E-state index contributed by atoms with van der Waals surface area (Å²) in [6.45, 7) is -0.351. The molecule has 1 heterocycles. The van der Waals surface area contributed by atoms with Crippen molar-refractivity contribution in [2.24, 2.45) is 0 Å². The van der Waals surface area contributed by atoms with E-state index in [1.807, 2.05) is 0 Å². The van der Waals surface area contributed by atoms with Gasteiger partial charge >= 0.3 is 6.18 Å². The normalized spacial score (nSPS) is 11.2. The van der Waals surface area contributed by atoms with Crippen LogP contribution in [0.1, 0.15) is 5.56 Å². The number of anilines is 1. The van der Waals surface area contributed by atoms with E-state index in [9.17, 15) is 18.0 Å². The fourth-order valence-electron chi connectivity index (χ4n) is 2.11. The number of alkyl halides is 3. The van der Waals surface area contributed by atoms with Gasteiger partial charge in [0.1, 0.15) is 5.75 Å². The predicted octanol–water partition coefficient (Wildman–Crippen LogP) is 3.77. The number of aromatic nitrogens is 2. The molecule has 0 aliphatic carbocycles. The molecule has 9 heteroatoms. The first kappa shape index (κ1) is 17.5. The van der Waals surface area contributed by atoms with Gasteiger partial charge in [-0.25, -0.2) is 0 Å². The molecule has 3 aromatic rings. The Hall–Kier alpha value is -3.36. The highest BCUT2D eigenvalue weighted by atomic mass is 19.4. The van der Waals surface area contributed by atoms with E-state index in [2.05, 4.69) is 15.5 Å². The van der Waals surface area contributed by atoms with Gasteiger partial charge in [-0.3, -0.25) is 4.79 Å². The minimum absolute atomic E-state index is 0.0418. The number of nitrogens with zero attached hydrogens (tertiary/aromatic N) is 2. The van der Waals surface area contributed by atoms with Crippen molar-refractivity contribution in [2.75, 3.05) is 11.9 Å². The topological polar surface area (TPSA) is 77.2 Å². The molecule has 3 rings (SSSR count). The van der Waals surface area contributed by atoms with Crippen molar-refractivity contribution in [3.05, 3.63) is 60.5 Å². The summed E-state index contributed by atoms with van der Waals surface area (Å²) in [6.07, 6.45) is -3.27. The zero-order chi connectivity index (χ0) is 18.6. The fourth-order valence-corrected chi connectivity index (χ4v) is 2.11. The Morgan fingerprint density at radius 2 is 1.92 bits per heavy atom. The second-order valence-electron chi connectivity index (χ2n) is 5.18. The standard InChI is InChI=1S/C17H12F3N3O3/c18-17(19,20)12-2-1-3-13(8-12)22-15(24)9-25-14-6-4-11(5-7-14)16-23-21-10-26-16/h1-8,10H,9H2,(H,22,24). The first-order valence-electron chi connectivity index (χ1n) is 7.38. The van der Waals surface area contributed by atoms with Gasteiger partial charge in [0.25, 0.3) is 5.91 Å². The molecule has 1 amide bonds. The number of nitrogens with one attached hydrogen (secondary N) is 1. The van der Waals surface area contributed by atoms with Crippen molar-refractivity contribution in [2.45, 2.75) is 6.18 Å². The summed E-state index contributed by atoms with van der Waals surface area (Å²) in [4.78, 5) is 11.8. The lowest BCUT2D eigenvalue weighted by Gasteiger charge is -2.10. The lowest BCUT2D eigenvalue weighted by Crippen LogP contribution is -2.20. The highest BCUT2D eigenvalue weighted by molar-refractivity contribution is 5.91. The maximum absolute atomic E-state index is 12.7. The van der Waals surface area contributed by atoms with Gasteiger partial charge < -0.3 is 14.5 Å². The Balaban J connectivity index is 1.56. The number of benzene rings is 2. The smallest absolute Gasteiger partial charge is 0.416 e. The molecule has 0 bridgehead atoms.